The number of nitrogen functional groups attached to an aromatic ring is 1. The highest BCUT2D eigenvalue weighted by atomic mass is 127. The smallest absolute Gasteiger partial charge is 0.239 e. The fourth-order valence-corrected chi connectivity index (χ4v) is 5.36. The largest absolute Gasteiger partial charge is 0.486 e. The SMILES string of the molecule is C=C(C)I=CC(=CC)COc1cccc(Nc2ccc(-c3cn(C(C)C)c4[nH+]cnc(N)c34)cc2)c1F. The van der Waals surface area contributed by atoms with E-state index in [1.165, 1.54) is 3.58 Å². The van der Waals surface area contributed by atoms with Crippen LogP contribution in [0, 0.1) is 5.82 Å². The molecule has 2 heterocycles. The summed E-state index contributed by atoms with van der Waals surface area (Å²) < 4.78 is 26.5. The van der Waals surface area contributed by atoms with Crippen molar-refractivity contribution in [2.75, 3.05) is 17.7 Å². The van der Waals surface area contributed by atoms with Gasteiger partial charge in [0, 0.05) is 11.3 Å². The van der Waals surface area contributed by atoms with Crippen LogP contribution in [0.25, 0.3) is 22.2 Å². The predicted molar refractivity (Wildman–Crippen MR) is 160 cm³/mol. The van der Waals surface area contributed by atoms with E-state index in [1.54, 1.807) is 24.5 Å². The lowest BCUT2D eigenvalue weighted by Crippen LogP contribution is -2.12. The van der Waals surface area contributed by atoms with Gasteiger partial charge in [0.05, 0.1) is 17.9 Å². The van der Waals surface area contributed by atoms with E-state index in [2.05, 4.69) is 50.5 Å². The monoisotopic (exact) mass is 612 g/mol. The number of nitrogens with two attached hydrogens (primary N) is 1. The van der Waals surface area contributed by atoms with E-state index in [-0.39, 0.29) is 32.5 Å². The molecule has 0 fully saturated rings. The van der Waals surface area contributed by atoms with Crippen molar-refractivity contribution in [3.05, 3.63) is 82.6 Å². The van der Waals surface area contributed by atoms with Gasteiger partial charge in [-0.15, -0.1) is 0 Å². The molecule has 0 bridgehead atoms. The summed E-state index contributed by atoms with van der Waals surface area (Å²) in [7, 11) is 0. The van der Waals surface area contributed by atoms with Crippen molar-refractivity contribution in [1.29, 1.82) is 0 Å². The van der Waals surface area contributed by atoms with Crippen LogP contribution < -0.4 is 20.8 Å². The average molecular weight is 613 g/mol. The highest BCUT2D eigenvalue weighted by Gasteiger charge is 2.21. The molecule has 0 aliphatic heterocycles. The summed E-state index contributed by atoms with van der Waals surface area (Å²) in [4.78, 5) is 7.46. The Labute approximate surface area is 226 Å². The molecule has 0 saturated carbocycles. The Balaban J connectivity index is 1.54. The molecule has 192 valence electrons. The molecule has 0 aliphatic rings. The van der Waals surface area contributed by atoms with Crippen LogP contribution in [-0.2, 0) is 0 Å². The Morgan fingerprint density at radius 1 is 1.27 bits per heavy atom. The number of aromatic amines is 1. The molecular formula is C29H32FIN5O+. The number of anilines is 3. The maximum atomic E-state index is 15.2. The highest BCUT2D eigenvalue weighted by Crippen LogP contribution is 2.34. The Morgan fingerprint density at radius 2 is 2.03 bits per heavy atom. The first-order valence-electron chi connectivity index (χ1n) is 12.0. The third-order valence-electron chi connectivity index (χ3n) is 5.83. The zero-order valence-electron chi connectivity index (χ0n) is 21.5. The summed E-state index contributed by atoms with van der Waals surface area (Å²) in [6.07, 6.45) is 5.69. The molecule has 8 heteroatoms. The van der Waals surface area contributed by atoms with Crippen molar-refractivity contribution in [3.63, 3.8) is 0 Å². The molecule has 0 radical (unpaired) electrons. The van der Waals surface area contributed by atoms with Crippen LogP contribution in [0.5, 0.6) is 5.75 Å². The number of benzene rings is 2. The van der Waals surface area contributed by atoms with Gasteiger partial charge in [-0.05, 0) is 70.7 Å². The minimum atomic E-state index is -0.425. The second-order valence-electron chi connectivity index (χ2n) is 8.92. The van der Waals surface area contributed by atoms with Gasteiger partial charge in [-0.3, -0.25) is 4.57 Å². The first kappa shape index (κ1) is 26.5. The Morgan fingerprint density at radius 3 is 2.70 bits per heavy atom. The Kier molecular flexibility index (Phi) is 8.38. The van der Waals surface area contributed by atoms with Gasteiger partial charge in [0.15, 0.2) is 11.6 Å². The average Bonchev–Trinajstić information content (AvgIpc) is 3.28. The molecule has 4 N–H and O–H groups in total. The first-order valence-corrected chi connectivity index (χ1v) is 14.3. The molecule has 0 atom stereocenters. The number of halogens is 2. The number of fused-ring (bicyclic) bond motifs is 1. The van der Waals surface area contributed by atoms with E-state index in [0.717, 1.165) is 33.4 Å². The Bertz CT molecular complexity index is 1490. The van der Waals surface area contributed by atoms with Gasteiger partial charge < -0.3 is 15.8 Å². The molecule has 2 aromatic carbocycles. The van der Waals surface area contributed by atoms with E-state index in [0.29, 0.717) is 18.1 Å². The van der Waals surface area contributed by atoms with E-state index in [9.17, 15) is 0 Å². The van der Waals surface area contributed by atoms with Crippen LogP contribution >= 0.6 is 20.7 Å². The van der Waals surface area contributed by atoms with Crippen LogP contribution in [0.1, 0.15) is 33.7 Å². The molecule has 2 aromatic heterocycles. The molecule has 4 rings (SSSR count). The number of H-pyrrole nitrogens is 1. The summed E-state index contributed by atoms with van der Waals surface area (Å²) >= 11 is -0.234. The molecule has 0 unspecified atom stereocenters. The standard InChI is InChI=1S/C29H31FIN5O/c1-6-20(14-31-18(2)3)16-37-25-9-7-8-24(27(25)30)35-22-12-10-21(11-13-22)23-15-36(19(4)5)29-26(23)28(32)33-17-34-29/h6-15,17,19,35H,2,16H2,1,3-5H3,(H2,32,33,34)/p+1. The zero-order valence-corrected chi connectivity index (χ0v) is 23.6. The number of nitrogens with zero attached hydrogens (tertiary/aromatic N) is 2. The summed E-state index contributed by atoms with van der Waals surface area (Å²) in [5.74, 6) is 0.263. The zero-order chi connectivity index (χ0) is 26.5. The quantitative estimate of drug-likeness (QED) is 0.196. The van der Waals surface area contributed by atoms with Gasteiger partial charge in [0.2, 0.25) is 17.8 Å². The van der Waals surface area contributed by atoms with Crippen molar-refractivity contribution in [2.45, 2.75) is 33.7 Å². The Hall–Kier alpha value is -3.53. The maximum Gasteiger partial charge on any atom is 0.239 e. The van der Waals surface area contributed by atoms with E-state index < -0.39 is 5.82 Å². The van der Waals surface area contributed by atoms with Crippen molar-refractivity contribution in [2.24, 2.45) is 0 Å². The van der Waals surface area contributed by atoms with Crippen molar-refractivity contribution in [1.82, 2.24) is 9.55 Å². The maximum absolute atomic E-state index is 15.2. The fraction of sp³-hybridized carbons (Fsp3) is 0.207. The van der Waals surface area contributed by atoms with Crippen LogP contribution in [0.2, 0.25) is 0 Å². The normalized spacial score (nSPS) is 12.2. The van der Waals surface area contributed by atoms with Crippen LogP contribution in [0.3, 0.4) is 0 Å². The third-order valence-corrected chi connectivity index (χ3v) is 8.01. The number of hydrogen-bond acceptors (Lipinski definition) is 4. The number of nitrogens with one attached hydrogen (secondary N) is 2. The highest BCUT2D eigenvalue weighted by molar-refractivity contribution is 14.2. The second-order valence-corrected chi connectivity index (χ2v) is 12.0. The molecule has 0 amide bonds. The topological polar surface area (TPSA) is 79.2 Å². The molecule has 37 heavy (non-hydrogen) atoms. The van der Waals surface area contributed by atoms with Gasteiger partial charge in [0.1, 0.15) is 12.0 Å². The number of rotatable bonds is 9. The second kappa shape index (κ2) is 11.7. The molecule has 6 nitrogen and oxygen atoms in total. The number of aromatic nitrogens is 3. The lowest BCUT2D eigenvalue weighted by Gasteiger charge is -2.12. The van der Waals surface area contributed by atoms with Gasteiger partial charge in [-0.1, -0.05) is 56.6 Å². The third kappa shape index (κ3) is 6.07. The van der Waals surface area contributed by atoms with Crippen LogP contribution in [-0.4, -0.2) is 20.2 Å². The van der Waals surface area contributed by atoms with Crippen molar-refractivity contribution >= 4 is 53.0 Å². The van der Waals surface area contributed by atoms with E-state index >= 15 is 4.39 Å². The molecule has 4 aromatic rings. The molecule has 0 saturated heterocycles. The van der Waals surface area contributed by atoms with Gasteiger partial charge in [-0.2, -0.15) is 0 Å². The number of hydrogen-bond donors (Lipinski definition) is 2. The van der Waals surface area contributed by atoms with Gasteiger partial charge in [0.25, 0.3) is 0 Å². The lowest BCUT2D eigenvalue weighted by atomic mass is 10.1. The summed E-state index contributed by atoms with van der Waals surface area (Å²) in [6, 6.07) is 13.2. The van der Waals surface area contributed by atoms with Crippen molar-refractivity contribution in [3.8, 4) is 16.9 Å². The van der Waals surface area contributed by atoms with E-state index in [1.807, 2.05) is 44.2 Å². The van der Waals surface area contributed by atoms with E-state index in [4.69, 9.17) is 10.5 Å². The summed E-state index contributed by atoms with van der Waals surface area (Å²) in [5, 5.41) is 4.06. The fourth-order valence-electron chi connectivity index (χ4n) is 3.89. The molecular weight excluding hydrogens is 580 g/mol. The minimum Gasteiger partial charge on any atom is -0.486 e. The molecule has 0 aliphatic carbocycles. The predicted octanol–water partition coefficient (Wildman–Crippen LogP) is 7.19. The van der Waals surface area contributed by atoms with Gasteiger partial charge >= 0.3 is 0 Å². The summed E-state index contributed by atoms with van der Waals surface area (Å²) in [6.45, 7) is 12.5. The number of allylic oxidation sites excluding steroid dienone is 2. The first-order chi connectivity index (χ1) is 17.8. The summed E-state index contributed by atoms with van der Waals surface area (Å²) in [5.41, 5.74) is 11.3. The minimum absolute atomic E-state index is 0.212. The molecule has 0 spiro atoms. The van der Waals surface area contributed by atoms with Crippen LogP contribution in [0.15, 0.2) is 76.8 Å². The van der Waals surface area contributed by atoms with Gasteiger partial charge in [-0.25, -0.2) is 9.37 Å². The number of ether oxygens (including phenoxy) is 1. The lowest BCUT2D eigenvalue weighted by molar-refractivity contribution is -0.354. The van der Waals surface area contributed by atoms with Crippen LogP contribution in [0.4, 0.5) is 21.6 Å². The van der Waals surface area contributed by atoms with Crippen molar-refractivity contribution < 1.29 is 14.1 Å².